The second kappa shape index (κ2) is 6.19. The molecular formula is C20H16O. The van der Waals surface area contributed by atoms with Gasteiger partial charge in [-0.05, 0) is 28.7 Å². The van der Waals surface area contributed by atoms with E-state index in [1.807, 2.05) is 42.5 Å². The number of rotatable bonds is 4. The van der Waals surface area contributed by atoms with Crippen molar-refractivity contribution in [3.63, 3.8) is 0 Å². The number of carbonyl (C=O) groups excluding carboxylic acids is 1. The van der Waals surface area contributed by atoms with E-state index in [0.29, 0.717) is 0 Å². The topological polar surface area (TPSA) is 17.1 Å². The van der Waals surface area contributed by atoms with Crippen molar-refractivity contribution in [2.24, 2.45) is 0 Å². The Morgan fingerprint density at radius 2 is 1.29 bits per heavy atom. The lowest BCUT2D eigenvalue weighted by Gasteiger charge is -2.06. The van der Waals surface area contributed by atoms with Gasteiger partial charge >= 0.3 is 0 Å². The maximum Gasteiger partial charge on any atom is 0.150 e. The molecule has 21 heavy (non-hydrogen) atoms. The van der Waals surface area contributed by atoms with Crippen LogP contribution in [-0.4, -0.2) is 6.29 Å². The normalized spacial score (nSPS) is 10.3. The third-order valence-electron chi connectivity index (χ3n) is 3.64. The summed E-state index contributed by atoms with van der Waals surface area (Å²) in [5, 5.41) is 0. The van der Waals surface area contributed by atoms with Crippen molar-refractivity contribution in [3.05, 3.63) is 95.6 Å². The molecule has 0 bridgehead atoms. The fraction of sp³-hybridized carbons (Fsp3) is 0.0500. The zero-order valence-corrected chi connectivity index (χ0v) is 11.7. The molecule has 0 aliphatic rings. The van der Waals surface area contributed by atoms with Crippen molar-refractivity contribution < 1.29 is 4.79 Å². The molecule has 0 aromatic heterocycles. The molecule has 0 atom stereocenters. The minimum absolute atomic E-state index is 0.768. The molecule has 0 aliphatic heterocycles. The molecule has 3 aromatic carbocycles. The fourth-order valence-corrected chi connectivity index (χ4v) is 2.48. The van der Waals surface area contributed by atoms with Gasteiger partial charge in [0.15, 0.2) is 0 Å². The lowest BCUT2D eigenvalue weighted by atomic mass is 9.98. The Bertz CT molecular complexity index is 727. The third kappa shape index (κ3) is 3.09. The molecule has 0 spiro atoms. The van der Waals surface area contributed by atoms with E-state index in [0.717, 1.165) is 23.8 Å². The van der Waals surface area contributed by atoms with E-state index in [1.54, 1.807) is 0 Å². The summed E-state index contributed by atoms with van der Waals surface area (Å²) in [6.45, 7) is 0. The highest BCUT2D eigenvalue weighted by atomic mass is 16.1. The van der Waals surface area contributed by atoms with Crippen molar-refractivity contribution in [2.75, 3.05) is 0 Å². The molecule has 0 radical (unpaired) electrons. The van der Waals surface area contributed by atoms with Crippen LogP contribution in [0.15, 0.2) is 78.9 Å². The number of hydrogen-bond acceptors (Lipinski definition) is 1. The lowest BCUT2D eigenvalue weighted by molar-refractivity contribution is 0.112. The number of aldehydes is 1. The van der Waals surface area contributed by atoms with Crippen LogP contribution in [0, 0.1) is 0 Å². The molecule has 3 rings (SSSR count). The van der Waals surface area contributed by atoms with Gasteiger partial charge in [0.1, 0.15) is 6.29 Å². The quantitative estimate of drug-likeness (QED) is 0.626. The highest BCUT2D eigenvalue weighted by Crippen LogP contribution is 2.21. The van der Waals surface area contributed by atoms with Crippen molar-refractivity contribution in [1.82, 2.24) is 0 Å². The summed E-state index contributed by atoms with van der Waals surface area (Å²) < 4.78 is 0. The van der Waals surface area contributed by atoms with Crippen LogP contribution in [0.1, 0.15) is 21.5 Å². The molecule has 1 heteroatoms. The van der Waals surface area contributed by atoms with E-state index in [4.69, 9.17) is 0 Å². The van der Waals surface area contributed by atoms with Crippen molar-refractivity contribution >= 4 is 6.29 Å². The first-order chi connectivity index (χ1) is 10.4. The van der Waals surface area contributed by atoms with Crippen LogP contribution < -0.4 is 0 Å². The first-order valence-corrected chi connectivity index (χ1v) is 7.04. The van der Waals surface area contributed by atoms with Gasteiger partial charge in [0.25, 0.3) is 0 Å². The number of hydrogen-bond donors (Lipinski definition) is 0. The Labute approximate surface area is 124 Å². The van der Waals surface area contributed by atoms with Gasteiger partial charge < -0.3 is 0 Å². The molecule has 1 nitrogen and oxygen atoms in total. The van der Waals surface area contributed by atoms with E-state index in [1.165, 1.54) is 16.7 Å². The molecule has 0 heterocycles. The van der Waals surface area contributed by atoms with E-state index in [2.05, 4.69) is 36.4 Å². The molecule has 0 fully saturated rings. The number of benzene rings is 3. The highest BCUT2D eigenvalue weighted by Gasteiger charge is 2.03. The zero-order chi connectivity index (χ0) is 14.5. The summed E-state index contributed by atoms with van der Waals surface area (Å²) in [5.74, 6) is 0. The van der Waals surface area contributed by atoms with Gasteiger partial charge in [0, 0.05) is 5.56 Å². The van der Waals surface area contributed by atoms with Crippen molar-refractivity contribution in [2.45, 2.75) is 6.42 Å². The molecule has 0 amide bonds. The van der Waals surface area contributed by atoms with Crippen molar-refractivity contribution in [3.8, 4) is 11.1 Å². The Morgan fingerprint density at radius 3 is 2.00 bits per heavy atom. The lowest BCUT2D eigenvalue weighted by Crippen LogP contribution is -1.94. The SMILES string of the molecule is O=Cc1ccccc1Cc1ccc(-c2ccccc2)cc1. The predicted molar refractivity (Wildman–Crippen MR) is 86.5 cm³/mol. The minimum atomic E-state index is 0.768. The standard InChI is InChI=1S/C20H16O/c21-15-20-9-5-4-8-19(20)14-16-10-12-18(13-11-16)17-6-2-1-3-7-17/h1-13,15H,14H2. The van der Waals surface area contributed by atoms with Crippen LogP contribution in [-0.2, 0) is 6.42 Å². The summed E-state index contributed by atoms with van der Waals surface area (Å²) in [4.78, 5) is 11.1. The smallest absolute Gasteiger partial charge is 0.150 e. The second-order valence-electron chi connectivity index (χ2n) is 5.06. The van der Waals surface area contributed by atoms with Gasteiger partial charge in [-0.15, -0.1) is 0 Å². The van der Waals surface area contributed by atoms with Gasteiger partial charge in [0.05, 0.1) is 0 Å². The molecule has 0 N–H and O–H groups in total. The van der Waals surface area contributed by atoms with Crippen LogP contribution in [0.5, 0.6) is 0 Å². The first-order valence-electron chi connectivity index (χ1n) is 7.04. The van der Waals surface area contributed by atoms with Gasteiger partial charge in [-0.3, -0.25) is 4.79 Å². The summed E-state index contributed by atoms with van der Waals surface area (Å²) in [7, 11) is 0. The molecule has 102 valence electrons. The van der Waals surface area contributed by atoms with E-state index in [9.17, 15) is 4.79 Å². The van der Waals surface area contributed by atoms with Gasteiger partial charge in [-0.25, -0.2) is 0 Å². The summed E-state index contributed by atoms with van der Waals surface area (Å²) in [5.41, 5.74) is 5.48. The van der Waals surface area contributed by atoms with E-state index >= 15 is 0 Å². The summed E-state index contributed by atoms with van der Waals surface area (Å²) in [6, 6.07) is 26.6. The summed E-state index contributed by atoms with van der Waals surface area (Å²) in [6.07, 6.45) is 1.71. The Kier molecular flexibility index (Phi) is 3.92. The zero-order valence-electron chi connectivity index (χ0n) is 11.7. The van der Waals surface area contributed by atoms with Crippen LogP contribution in [0.4, 0.5) is 0 Å². The molecule has 0 saturated carbocycles. The largest absolute Gasteiger partial charge is 0.298 e. The number of carbonyl (C=O) groups is 1. The Balaban J connectivity index is 1.83. The molecule has 3 aromatic rings. The Hall–Kier alpha value is -2.67. The van der Waals surface area contributed by atoms with Gasteiger partial charge in [-0.2, -0.15) is 0 Å². The first kappa shape index (κ1) is 13.3. The van der Waals surface area contributed by atoms with Gasteiger partial charge in [0.2, 0.25) is 0 Å². The average molecular weight is 272 g/mol. The Morgan fingerprint density at radius 1 is 0.667 bits per heavy atom. The fourth-order valence-electron chi connectivity index (χ4n) is 2.48. The highest BCUT2D eigenvalue weighted by molar-refractivity contribution is 5.77. The molecular weight excluding hydrogens is 256 g/mol. The minimum Gasteiger partial charge on any atom is -0.298 e. The van der Waals surface area contributed by atoms with E-state index < -0.39 is 0 Å². The molecule has 0 unspecified atom stereocenters. The van der Waals surface area contributed by atoms with Crippen LogP contribution in [0.3, 0.4) is 0 Å². The predicted octanol–water partition coefficient (Wildman–Crippen LogP) is 4.76. The summed E-state index contributed by atoms with van der Waals surface area (Å²) >= 11 is 0. The average Bonchev–Trinajstić information content (AvgIpc) is 2.57. The second-order valence-corrected chi connectivity index (χ2v) is 5.06. The monoisotopic (exact) mass is 272 g/mol. The molecule has 0 saturated heterocycles. The van der Waals surface area contributed by atoms with E-state index in [-0.39, 0.29) is 0 Å². The van der Waals surface area contributed by atoms with Crippen molar-refractivity contribution in [1.29, 1.82) is 0 Å². The van der Waals surface area contributed by atoms with Crippen LogP contribution in [0.2, 0.25) is 0 Å². The maximum atomic E-state index is 11.1. The maximum absolute atomic E-state index is 11.1. The third-order valence-corrected chi connectivity index (χ3v) is 3.64. The van der Waals surface area contributed by atoms with Crippen LogP contribution >= 0.6 is 0 Å². The van der Waals surface area contributed by atoms with Gasteiger partial charge in [-0.1, -0.05) is 78.9 Å². The van der Waals surface area contributed by atoms with Crippen LogP contribution in [0.25, 0.3) is 11.1 Å². The molecule has 0 aliphatic carbocycles.